The van der Waals surface area contributed by atoms with Gasteiger partial charge < -0.3 is 10.1 Å². The van der Waals surface area contributed by atoms with Crippen LogP contribution in [-0.2, 0) is 22.3 Å². The van der Waals surface area contributed by atoms with Crippen LogP contribution in [-0.4, -0.2) is 18.6 Å². The van der Waals surface area contributed by atoms with Crippen LogP contribution < -0.4 is 5.32 Å². The van der Waals surface area contributed by atoms with Crippen LogP contribution >= 0.6 is 11.3 Å². The lowest BCUT2D eigenvalue weighted by molar-refractivity contribution is 0.0164. The van der Waals surface area contributed by atoms with Crippen molar-refractivity contribution in [2.45, 2.75) is 58.1 Å². The van der Waals surface area contributed by atoms with Gasteiger partial charge in [-0.15, -0.1) is 11.3 Å². The molecule has 1 aromatic heterocycles. The Bertz CT molecular complexity index is 414. The molecule has 1 atom stereocenters. The molecule has 2 heterocycles. The van der Waals surface area contributed by atoms with Crippen molar-refractivity contribution < 1.29 is 4.74 Å². The molecular weight excluding hydrogens is 244 g/mol. The highest BCUT2D eigenvalue weighted by Gasteiger charge is 2.37. The summed E-state index contributed by atoms with van der Waals surface area (Å²) in [6.07, 6.45) is 2.23. The van der Waals surface area contributed by atoms with E-state index < -0.39 is 0 Å². The molecule has 0 aliphatic carbocycles. The van der Waals surface area contributed by atoms with Crippen molar-refractivity contribution in [3.05, 3.63) is 15.6 Å². The Morgan fingerprint density at radius 1 is 1.44 bits per heavy atom. The van der Waals surface area contributed by atoms with Gasteiger partial charge in [0, 0.05) is 23.4 Å². The van der Waals surface area contributed by atoms with E-state index in [0.717, 1.165) is 31.0 Å². The van der Waals surface area contributed by atoms with E-state index in [1.54, 1.807) is 0 Å². The lowest BCUT2D eigenvalue weighted by Crippen LogP contribution is -2.21. The fraction of sp³-hybridized carbons (Fsp3) is 0.786. The normalized spacial score (nSPS) is 24.7. The summed E-state index contributed by atoms with van der Waals surface area (Å²) in [7, 11) is 1.99. The minimum Gasteiger partial charge on any atom is -0.368 e. The lowest BCUT2D eigenvalue weighted by atomic mass is 9.91. The van der Waals surface area contributed by atoms with Gasteiger partial charge in [-0.05, 0) is 26.8 Å². The number of nitrogens with one attached hydrogen (secondary N) is 1. The van der Waals surface area contributed by atoms with Crippen molar-refractivity contribution >= 4 is 11.3 Å². The monoisotopic (exact) mass is 268 g/mol. The maximum absolute atomic E-state index is 5.91. The average molecular weight is 268 g/mol. The van der Waals surface area contributed by atoms with Gasteiger partial charge in [0.15, 0.2) is 0 Å². The largest absolute Gasteiger partial charge is 0.368 e. The molecule has 1 N–H and O–H groups in total. The maximum Gasteiger partial charge on any atom is 0.125 e. The molecule has 102 valence electrons. The van der Waals surface area contributed by atoms with E-state index in [1.165, 1.54) is 10.6 Å². The number of thiazole rings is 1. The molecular formula is C14H24N2OS. The Morgan fingerprint density at radius 2 is 2.17 bits per heavy atom. The standard InChI is InChI=1S/C14H24N2OS/c1-13(2,3)11-10(9-15-5)18-12(16-11)14(4)7-6-8-17-14/h15H,6-9H2,1-5H3. The van der Waals surface area contributed by atoms with Crippen LogP contribution in [0.5, 0.6) is 0 Å². The van der Waals surface area contributed by atoms with Crippen LogP contribution in [0, 0.1) is 0 Å². The topological polar surface area (TPSA) is 34.1 Å². The van der Waals surface area contributed by atoms with Crippen LogP contribution in [0.4, 0.5) is 0 Å². The van der Waals surface area contributed by atoms with E-state index in [9.17, 15) is 0 Å². The maximum atomic E-state index is 5.91. The zero-order chi connectivity index (χ0) is 13.4. The quantitative estimate of drug-likeness (QED) is 0.914. The first-order valence-electron chi connectivity index (χ1n) is 6.66. The molecule has 0 radical (unpaired) electrons. The molecule has 1 aromatic rings. The molecule has 0 amide bonds. The van der Waals surface area contributed by atoms with Gasteiger partial charge in [0.25, 0.3) is 0 Å². The van der Waals surface area contributed by atoms with Crippen LogP contribution in [0.2, 0.25) is 0 Å². The molecule has 0 spiro atoms. The number of rotatable bonds is 3. The summed E-state index contributed by atoms with van der Waals surface area (Å²) in [5, 5.41) is 4.39. The lowest BCUT2D eigenvalue weighted by Gasteiger charge is -2.20. The number of hydrogen-bond acceptors (Lipinski definition) is 4. The van der Waals surface area contributed by atoms with Gasteiger partial charge >= 0.3 is 0 Å². The molecule has 3 nitrogen and oxygen atoms in total. The first kappa shape index (κ1) is 14.0. The van der Waals surface area contributed by atoms with E-state index in [4.69, 9.17) is 9.72 Å². The summed E-state index contributed by atoms with van der Waals surface area (Å²) in [5.74, 6) is 0. The number of aromatic nitrogens is 1. The Labute approximate surface area is 114 Å². The van der Waals surface area contributed by atoms with Crippen molar-refractivity contribution in [1.82, 2.24) is 10.3 Å². The molecule has 1 unspecified atom stereocenters. The molecule has 0 bridgehead atoms. The van der Waals surface area contributed by atoms with E-state index >= 15 is 0 Å². The number of hydrogen-bond donors (Lipinski definition) is 1. The summed E-state index contributed by atoms with van der Waals surface area (Å²) in [6, 6.07) is 0. The van der Waals surface area contributed by atoms with Crippen LogP contribution in [0.3, 0.4) is 0 Å². The van der Waals surface area contributed by atoms with Crippen molar-refractivity contribution in [2.24, 2.45) is 0 Å². The summed E-state index contributed by atoms with van der Waals surface area (Å²) >= 11 is 1.81. The van der Waals surface area contributed by atoms with Gasteiger partial charge in [0.2, 0.25) is 0 Å². The Balaban J connectivity index is 2.39. The first-order valence-corrected chi connectivity index (χ1v) is 7.48. The summed E-state index contributed by atoms with van der Waals surface area (Å²) in [6.45, 7) is 10.6. The predicted octanol–water partition coefficient (Wildman–Crippen LogP) is 3.19. The van der Waals surface area contributed by atoms with Gasteiger partial charge in [-0.25, -0.2) is 4.98 Å². The zero-order valence-corrected chi connectivity index (χ0v) is 12.9. The minimum atomic E-state index is -0.156. The predicted molar refractivity (Wildman–Crippen MR) is 76.1 cm³/mol. The van der Waals surface area contributed by atoms with Crippen LogP contribution in [0.15, 0.2) is 0 Å². The van der Waals surface area contributed by atoms with Gasteiger partial charge in [-0.3, -0.25) is 0 Å². The highest BCUT2D eigenvalue weighted by atomic mass is 32.1. The average Bonchev–Trinajstić information content (AvgIpc) is 2.85. The minimum absolute atomic E-state index is 0.0932. The fourth-order valence-electron chi connectivity index (χ4n) is 2.39. The van der Waals surface area contributed by atoms with Crippen LogP contribution in [0.25, 0.3) is 0 Å². The molecule has 0 saturated carbocycles. The molecule has 18 heavy (non-hydrogen) atoms. The summed E-state index contributed by atoms with van der Waals surface area (Å²) in [4.78, 5) is 6.25. The number of ether oxygens (including phenoxy) is 1. The molecule has 1 aliphatic heterocycles. The van der Waals surface area contributed by atoms with E-state index in [2.05, 4.69) is 33.0 Å². The Morgan fingerprint density at radius 3 is 2.67 bits per heavy atom. The van der Waals surface area contributed by atoms with Gasteiger partial charge in [0.05, 0.1) is 5.69 Å². The molecule has 4 heteroatoms. The van der Waals surface area contributed by atoms with Crippen molar-refractivity contribution in [3.8, 4) is 0 Å². The molecule has 0 aromatic carbocycles. The third-order valence-corrected chi connectivity index (χ3v) is 4.72. The molecule has 1 aliphatic rings. The van der Waals surface area contributed by atoms with Crippen molar-refractivity contribution in [1.29, 1.82) is 0 Å². The zero-order valence-electron chi connectivity index (χ0n) is 12.1. The van der Waals surface area contributed by atoms with Crippen LogP contribution in [0.1, 0.15) is 56.1 Å². The highest BCUT2D eigenvalue weighted by Crippen LogP contribution is 2.40. The Kier molecular flexibility index (Phi) is 3.81. The first-order chi connectivity index (χ1) is 8.37. The van der Waals surface area contributed by atoms with E-state index in [0.29, 0.717) is 0 Å². The second-order valence-corrected chi connectivity index (χ2v) is 7.34. The molecule has 1 fully saturated rings. The fourth-order valence-corrected chi connectivity index (χ4v) is 3.80. The second-order valence-electron chi connectivity index (χ2n) is 6.25. The molecule has 1 saturated heterocycles. The highest BCUT2D eigenvalue weighted by molar-refractivity contribution is 7.11. The van der Waals surface area contributed by atoms with Crippen molar-refractivity contribution in [2.75, 3.05) is 13.7 Å². The SMILES string of the molecule is CNCc1sc(C2(C)CCCO2)nc1C(C)(C)C. The van der Waals surface area contributed by atoms with Gasteiger partial charge in [0.1, 0.15) is 10.6 Å². The van der Waals surface area contributed by atoms with E-state index in [1.807, 2.05) is 18.4 Å². The smallest absolute Gasteiger partial charge is 0.125 e. The summed E-state index contributed by atoms with van der Waals surface area (Å²) < 4.78 is 5.91. The van der Waals surface area contributed by atoms with E-state index in [-0.39, 0.29) is 11.0 Å². The Hall–Kier alpha value is -0.450. The van der Waals surface area contributed by atoms with Gasteiger partial charge in [-0.1, -0.05) is 20.8 Å². The van der Waals surface area contributed by atoms with Gasteiger partial charge in [-0.2, -0.15) is 0 Å². The third kappa shape index (κ3) is 2.60. The number of nitrogens with zero attached hydrogens (tertiary/aromatic N) is 1. The third-order valence-electron chi connectivity index (χ3n) is 3.42. The van der Waals surface area contributed by atoms with Crippen molar-refractivity contribution in [3.63, 3.8) is 0 Å². The molecule has 2 rings (SSSR count). The summed E-state index contributed by atoms with van der Waals surface area (Å²) in [5.41, 5.74) is 1.15. The second kappa shape index (κ2) is 4.91.